The van der Waals surface area contributed by atoms with Crippen molar-refractivity contribution in [3.8, 4) is 17.2 Å². The van der Waals surface area contributed by atoms with Crippen LogP contribution in [0.15, 0.2) is 35.2 Å². The average molecular weight is 391 g/mol. The molecule has 8 heteroatoms. The lowest BCUT2D eigenvalue weighted by Gasteiger charge is -2.15. The number of nitrogens with one attached hydrogen (secondary N) is 1. The summed E-state index contributed by atoms with van der Waals surface area (Å²) in [6, 6.07) is 8.21. The zero-order chi connectivity index (χ0) is 20.0. The van der Waals surface area contributed by atoms with Crippen LogP contribution in [0.25, 0.3) is 0 Å². The SMILES string of the molecule is COC(=O)c1cc(OC)c(OC)cc1NC(=O)c1ccc(SC)cc1OC. The molecule has 2 aromatic carbocycles. The van der Waals surface area contributed by atoms with E-state index in [0.29, 0.717) is 22.8 Å². The monoisotopic (exact) mass is 391 g/mol. The van der Waals surface area contributed by atoms with Crippen LogP contribution in [0.5, 0.6) is 17.2 Å². The molecule has 27 heavy (non-hydrogen) atoms. The van der Waals surface area contributed by atoms with Crippen molar-refractivity contribution in [1.82, 2.24) is 0 Å². The number of benzene rings is 2. The summed E-state index contributed by atoms with van der Waals surface area (Å²) in [5, 5.41) is 2.72. The van der Waals surface area contributed by atoms with Gasteiger partial charge in [-0.05, 0) is 24.5 Å². The number of amides is 1. The molecule has 0 atom stereocenters. The number of anilines is 1. The Labute approximate surface area is 161 Å². The van der Waals surface area contributed by atoms with Crippen LogP contribution in [0.3, 0.4) is 0 Å². The molecule has 0 unspecified atom stereocenters. The predicted octanol–water partition coefficient (Wildman–Crippen LogP) is 3.47. The number of hydrogen-bond acceptors (Lipinski definition) is 7. The summed E-state index contributed by atoms with van der Waals surface area (Å²) >= 11 is 1.54. The Morgan fingerprint density at radius 2 is 1.48 bits per heavy atom. The van der Waals surface area contributed by atoms with Crippen LogP contribution in [0, 0.1) is 0 Å². The molecule has 0 aromatic heterocycles. The Morgan fingerprint density at radius 1 is 0.852 bits per heavy atom. The summed E-state index contributed by atoms with van der Waals surface area (Å²) in [5.74, 6) is 0.0928. The number of carbonyl (C=O) groups excluding carboxylic acids is 2. The number of esters is 1. The van der Waals surface area contributed by atoms with Crippen LogP contribution in [-0.4, -0.2) is 46.6 Å². The third-order valence-corrected chi connectivity index (χ3v) is 4.56. The van der Waals surface area contributed by atoms with E-state index in [-0.39, 0.29) is 11.3 Å². The first-order valence-electron chi connectivity index (χ1n) is 7.86. The first-order chi connectivity index (χ1) is 13.0. The number of thioether (sulfide) groups is 1. The molecule has 0 saturated heterocycles. The van der Waals surface area contributed by atoms with Crippen LogP contribution < -0.4 is 19.5 Å². The second-order valence-corrected chi connectivity index (χ2v) is 6.14. The van der Waals surface area contributed by atoms with Gasteiger partial charge in [0.05, 0.1) is 45.3 Å². The first kappa shape index (κ1) is 20.4. The summed E-state index contributed by atoms with van der Waals surface area (Å²) in [4.78, 5) is 25.9. The molecule has 1 amide bonds. The Bertz CT molecular complexity index is 852. The van der Waals surface area contributed by atoms with Crippen molar-refractivity contribution in [2.24, 2.45) is 0 Å². The van der Waals surface area contributed by atoms with Crippen molar-refractivity contribution < 1.29 is 28.5 Å². The van der Waals surface area contributed by atoms with Crippen LogP contribution >= 0.6 is 11.8 Å². The highest BCUT2D eigenvalue weighted by atomic mass is 32.2. The molecule has 1 N–H and O–H groups in total. The molecule has 7 nitrogen and oxygen atoms in total. The molecule has 144 valence electrons. The first-order valence-corrected chi connectivity index (χ1v) is 9.09. The van der Waals surface area contributed by atoms with Crippen molar-refractivity contribution in [3.05, 3.63) is 41.5 Å². The second kappa shape index (κ2) is 9.18. The standard InChI is InChI=1S/C19H21NO6S/c1-23-15-8-11(27-5)6-7-12(15)18(21)20-14-10-17(25-3)16(24-2)9-13(14)19(22)26-4/h6-10H,1-5H3,(H,20,21). The van der Waals surface area contributed by atoms with Gasteiger partial charge in [-0.2, -0.15) is 0 Å². The van der Waals surface area contributed by atoms with Crippen molar-refractivity contribution in [2.75, 3.05) is 40.0 Å². The number of carbonyl (C=O) groups is 2. The highest BCUT2D eigenvalue weighted by Crippen LogP contribution is 2.34. The minimum absolute atomic E-state index is 0.142. The third-order valence-electron chi connectivity index (χ3n) is 3.83. The van der Waals surface area contributed by atoms with Gasteiger partial charge in [0.25, 0.3) is 5.91 Å². The average Bonchev–Trinajstić information content (AvgIpc) is 2.71. The van der Waals surface area contributed by atoms with E-state index in [2.05, 4.69) is 5.32 Å². The fourth-order valence-electron chi connectivity index (χ4n) is 2.44. The summed E-state index contributed by atoms with van der Waals surface area (Å²) in [6.45, 7) is 0. The zero-order valence-electron chi connectivity index (χ0n) is 15.7. The summed E-state index contributed by atoms with van der Waals surface area (Å²) in [5.41, 5.74) is 0.713. The number of ether oxygens (including phenoxy) is 4. The van der Waals surface area contributed by atoms with E-state index in [1.54, 1.807) is 12.1 Å². The molecule has 0 aliphatic heterocycles. The van der Waals surface area contributed by atoms with Gasteiger partial charge in [-0.25, -0.2) is 4.79 Å². The van der Waals surface area contributed by atoms with Gasteiger partial charge in [-0.3, -0.25) is 4.79 Å². The number of hydrogen-bond donors (Lipinski definition) is 1. The Balaban J connectivity index is 2.46. The van der Waals surface area contributed by atoms with Gasteiger partial charge in [0.1, 0.15) is 5.75 Å². The van der Waals surface area contributed by atoms with Crippen LogP contribution in [0.2, 0.25) is 0 Å². The molecule has 0 bridgehead atoms. The van der Waals surface area contributed by atoms with E-state index in [1.807, 2.05) is 12.3 Å². The topological polar surface area (TPSA) is 83.1 Å². The van der Waals surface area contributed by atoms with Crippen molar-refractivity contribution in [3.63, 3.8) is 0 Å². The minimum atomic E-state index is -0.615. The Kier molecular flexibility index (Phi) is 6.95. The predicted molar refractivity (Wildman–Crippen MR) is 104 cm³/mol. The molecule has 0 radical (unpaired) electrons. The van der Waals surface area contributed by atoms with E-state index < -0.39 is 11.9 Å². The molecule has 0 aliphatic rings. The maximum Gasteiger partial charge on any atom is 0.340 e. The maximum absolute atomic E-state index is 12.8. The normalized spacial score (nSPS) is 10.1. The van der Waals surface area contributed by atoms with Gasteiger partial charge in [-0.15, -0.1) is 11.8 Å². The molecule has 0 spiro atoms. The van der Waals surface area contributed by atoms with Crippen LogP contribution in [-0.2, 0) is 4.74 Å². The maximum atomic E-state index is 12.8. The number of methoxy groups -OCH3 is 4. The van der Waals surface area contributed by atoms with E-state index in [0.717, 1.165) is 4.90 Å². The van der Waals surface area contributed by atoms with Gasteiger partial charge in [-0.1, -0.05) is 0 Å². The lowest BCUT2D eigenvalue weighted by molar-refractivity contribution is 0.0601. The highest BCUT2D eigenvalue weighted by Gasteiger charge is 2.21. The molecule has 2 rings (SSSR count). The summed E-state index contributed by atoms with van der Waals surface area (Å²) in [6.07, 6.45) is 1.93. The summed E-state index contributed by atoms with van der Waals surface area (Å²) in [7, 11) is 5.67. The van der Waals surface area contributed by atoms with Crippen LogP contribution in [0.1, 0.15) is 20.7 Å². The van der Waals surface area contributed by atoms with Crippen molar-refractivity contribution >= 4 is 29.3 Å². The number of rotatable bonds is 7. The summed E-state index contributed by atoms with van der Waals surface area (Å²) < 4.78 is 20.6. The van der Waals surface area contributed by atoms with Gasteiger partial charge in [0, 0.05) is 17.0 Å². The van der Waals surface area contributed by atoms with Crippen LogP contribution in [0.4, 0.5) is 5.69 Å². The third kappa shape index (κ3) is 4.46. The van der Waals surface area contributed by atoms with Gasteiger partial charge in [0.2, 0.25) is 0 Å². The molecule has 0 saturated carbocycles. The van der Waals surface area contributed by atoms with Gasteiger partial charge >= 0.3 is 5.97 Å². The zero-order valence-corrected chi connectivity index (χ0v) is 16.6. The molecule has 0 aliphatic carbocycles. The van der Waals surface area contributed by atoms with E-state index in [9.17, 15) is 9.59 Å². The Morgan fingerprint density at radius 3 is 2.04 bits per heavy atom. The second-order valence-electron chi connectivity index (χ2n) is 5.26. The Hall–Kier alpha value is -2.87. The quantitative estimate of drug-likeness (QED) is 0.571. The van der Waals surface area contributed by atoms with E-state index >= 15 is 0 Å². The molecule has 2 aromatic rings. The van der Waals surface area contributed by atoms with Gasteiger partial charge in [0.15, 0.2) is 11.5 Å². The highest BCUT2D eigenvalue weighted by molar-refractivity contribution is 7.98. The van der Waals surface area contributed by atoms with Crippen molar-refractivity contribution in [1.29, 1.82) is 0 Å². The molecular weight excluding hydrogens is 370 g/mol. The molecule has 0 fully saturated rings. The molecule has 0 heterocycles. The van der Waals surface area contributed by atoms with E-state index in [4.69, 9.17) is 18.9 Å². The fraction of sp³-hybridized carbons (Fsp3) is 0.263. The lowest BCUT2D eigenvalue weighted by Crippen LogP contribution is -2.16. The largest absolute Gasteiger partial charge is 0.496 e. The molecular formula is C19H21NO6S. The van der Waals surface area contributed by atoms with E-state index in [1.165, 1.54) is 52.3 Å². The minimum Gasteiger partial charge on any atom is -0.496 e. The van der Waals surface area contributed by atoms with Crippen molar-refractivity contribution in [2.45, 2.75) is 4.90 Å². The van der Waals surface area contributed by atoms with Gasteiger partial charge < -0.3 is 24.3 Å². The smallest absolute Gasteiger partial charge is 0.340 e. The lowest BCUT2D eigenvalue weighted by atomic mass is 10.1. The fourth-order valence-corrected chi connectivity index (χ4v) is 2.87.